The smallest absolute Gasteiger partial charge is 0.219 e. The lowest BCUT2D eigenvalue weighted by atomic mass is 10.1. The predicted octanol–water partition coefficient (Wildman–Crippen LogP) is 2.19. The number of hydrogen-bond acceptors (Lipinski definition) is 5. The Morgan fingerprint density at radius 1 is 1.28 bits per heavy atom. The fourth-order valence-electron chi connectivity index (χ4n) is 3.01. The topological polar surface area (TPSA) is 78.5 Å². The van der Waals surface area contributed by atoms with Gasteiger partial charge in [-0.15, -0.1) is 0 Å². The molecule has 132 valence electrons. The van der Waals surface area contributed by atoms with E-state index in [1.165, 1.54) is 0 Å². The van der Waals surface area contributed by atoms with Crippen molar-refractivity contribution in [2.45, 2.75) is 6.92 Å². The third kappa shape index (κ3) is 3.13. The van der Waals surface area contributed by atoms with Gasteiger partial charge in [0.2, 0.25) is 11.7 Å². The second-order valence-corrected chi connectivity index (χ2v) is 6.59. The summed E-state index contributed by atoms with van der Waals surface area (Å²) in [6.07, 6.45) is 3.23. The standard InChI is InChI=1S/C17H19BrN4O3/c1-10(21-4-6-22(7-5-21)11(2)23)16(24)12-8-19-15-14(12)13(25-3)9-20-17(15)18/h8-9,19H,1,4-7H2,2-3H3. The number of ether oxygens (including phenoxy) is 1. The van der Waals surface area contributed by atoms with Crippen LogP contribution in [0.3, 0.4) is 0 Å². The zero-order valence-corrected chi connectivity index (χ0v) is 15.7. The molecule has 1 fully saturated rings. The van der Waals surface area contributed by atoms with Crippen LogP contribution >= 0.6 is 15.9 Å². The molecule has 8 heteroatoms. The predicted molar refractivity (Wildman–Crippen MR) is 97.6 cm³/mol. The molecule has 1 N–H and O–H groups in total. The fraction of sp³-hybridized carbons (Fsp3) is 0.353. The number of piperazine rings is 1. The van der Waals surface area contributed by atoms with Crippen molar-refractivity contribution in [1.82, 2.24) is 19.8 Å². The van der Waals surface area contributed by atoms with E-state index in [2.05, 4.69) is 32.5 Å². The van der Waals surface area contributed by atoms with E-state index in [0.29, 0.717) is 58.7 Å². The molecule has 1 aliphatic heterocycles. The lowest BCUT2D eigenvalue weighted by Gasteiger charge is -2.36. The second kappa shape index (κ2) is 6.87. The van der Waals surface area contributed by atoms with E-state index in [9.17, 15) is 9.59 Å². The van der Waals surface area contributed by atoms with E-state index < -0.39 is 0 Å². The highest BCUT2D eigenvalue weighted by molar-refractivity contribution is 9.10. The number of nitrogens with one attached hydrogen (secondary N) is 1. The number of carbonyl (C=O) groups excluding carboxylic acids is 2. The number of pyridine rings is 1. The van der Waals surface area contributed by atoms with E-state index in [4.69, 9.17) is 4.74 Å². The lowest BCUT2D eigenvalue weighted by Crippen LogP contribution is -2.48. The van der Waals surface area contributed by atoms with Crippen LogP contribution in [0.15, 0.2) is 29.3 Å². The molecular weight excluding hydrogens is 388 g/mol. The molecule has 0 atom stereocenters. The maximum absolute atomic E-state index is 13.0. The van der Waals surface area contributed by atoms with Gasteiger partial charge in [0.25, 0.3) is 0 Å². The molecule has 0 aliphatic carbocycles. The Kier molecular flexibility index (Phi) is 4.80. The average Bonchev–Trinajstić information content (AvgIpc) is 3.07. The Bertz CT molecular complexity index is 853. The van der Waals surface area contributed by atoms with Crippen molar-refractivity contribution in [2.75, 3.05) is 33.3 Å². The zero-order chi connectivity index (χ0) is 18.1. The molecule has 0 spiro atoms. The van der Waals surface area contributed by atoms with Gasteiger partial charge in [-0.2, -0.15) is 0 Å². The maximum Gasteiger partial charge on any atom is 0.219 e. The van der Waals surface area contributed by atoms with Crippen molar-refractivity contribution in [3.05, 3.63) is 34.8 Å². The summed E-state index contributed by atoms with van der Waals surface area (Å²) < 4.78 is 5.97. The van der Waals surface area contributed by atoms with Gasteiger partial charge in [0.05, 0.1) is 35.5 Å². The van der Waals surface area contributed by atoms with Gasteiger partial charge in [0.15, 0.2) is 0 Å². The molecule has 3 heterocycles. The van der Waals surface area contributed by atoms with Gasteiger partial charge in [0.1, 0.15) is 10.4 Å². The second-order valence-electron chi connectivity index (χ2n) is 5.84. The maximum atomic E-state index is 13.0. The highest BCUT2D eigenvalue weighted by atomic mass is 79.9. The average molecular weight is 407 g/mol. The molecule has 1 saturated heterocycles. The lowest BCUT2D eigenvalue weighted by molar-refractivity contribution is -0.130. The summed E-state index contributed by atoms with van der Waals surface area (Å²) in [7, 11) is 1.54. The van der Waals surface area contributed by atoms with E-state index in [1.54, 1.807) is 31.3 Å². The number of amides is 1. The number of allylic oxidation sites excluding steroid dienone is 1. The van der Waals surface area contributed by atoms with Crippen molar-refractivity contribution < 1.29 is 14.3 Å². The van der Waals surface area contributed by atoms with Crippen molar-refractivity contribution in [2.24, 2.45) is 0 Å². The van der Waals surface area contributed by atoms with Gasteiger partial charge in [-0.05, 0) is 15.9 Å². The monoisotopic (exact) mass is 406 g/mol. The summed E-state index contributed by atoms with van der Waals surface area (Å²) in [4.78, 5) is 35.4. The molecule has 0 radical (unpaired) electrons. The van der Waals surface area contributed by atoms with Crippen LogP contribution in [0.1, 0.15) is 17.3 Å². The number of rotatable bonds is 4. The van der Waals surface area contributed by atoms with Crippen molar-refractivity contribution in [3.63, 3.8) is 0 Å². The van der Waals surface area contributed by atoms with Gasteiger partial charge < -0.3 is 19.5 Å². The Labute approximate surface area is 153 Å². The summed E-state index contributed by atoms with van der Waals surface area (Å²) in [5.41, 5.74) is 1.62. The highest BCUT2D eigenvalue weighted by Crippen LogP contribution is 2.33. The number of Topliss-reactive ketones (excluding diaryl/α,β-unsaturated/α-hetero) is 1. The van der Waals surface area contributed by atoms with Crippen LogP contribution in [0.4, 0.5) is 0 Å². The van der Waals surface area contributed by atoms with Crippen LogP contribution in [-0.2, 0) is 4.79 Å². The summed E-state index contributed by atoms with van der Waals surface area (Å²) >= 11 is 3.38. The molecule has 0 aromatic carbocycles. The Balaban J connectivity index is 1.86. The number of carbonyl (C=O) groups is 2. The number of halogens is 1. The van der Waals surface area contributed by atoms with Gasteiger partial charge in [-0.1, -0.05) is 6.58 Å². The first-order valence-electron chi connectivity index (χ1n) is 7.87. The number of H-pyrrole nitrogens is 1. The van der Waals surface area contributed by atoms with Crippen LogP contribution < -0.4 is 4.74 Å². The Hall–Kier alpha value is -2.35. The molecule has 3 rings (SSSR count). The fourth-order valence-corrected chi connectivity index (χ4v) is 3.43. The van der Waals surface area contributed by atoms with Gasteiger partial charge in [-0.25, -0.2) is 4.98 Å². The third-order valence-corrected chi connectivity index (χ3v) is 5.06. The molecule has 7 nitrogen and oxygen atoms in total. The van der Waals surface area contributed by atoms with Crippen molar-refractivity contribution >= 4 is 38.5 Å². The normalized spacial score (nSPS) is 14.7. The van der Waals surface area contributed by atoms with Gasteiger partial charge >= 0.3 is 0 Å². The van der Waals surface area contributed by atoms with E-state index in [-0.39, 0.29) is 11.7 Å². The van der Waals surface area contributed by atoms with E-state index in [0.717, 1.165) is 0 Å². The van der Waals surface area contributed by atoms with Crippen molar-refractivity contribution in [1.29, 1.82) is 0 Å². The first-order chi connectivity index (χ1) is 11.9. The molecule has 2 aromatic rings. The van der Waals surface area contributed by atoms with E-state index >= 15 is 0 Å². The quantitative estimate of drug-likeness (QED) is 0.478. The zero-order valence-electron chi connectivity index (χ0n) is 14.1. The Morgan fingerprint density at radius 2 is 1.92 bits per heavy atom. The Morgan fingerprint density at radius 3 is 2.52 bits per heavy atom. The van der Waals surface area contributed by atoms with Crippen LogP contribution in [0.2, 0.25) is 0 Å². The van der Waals surface area contributed by atoms with Gasteiger partial charge in [-0.3, -0.25) is 9.59 Å². The largest absolute Gasteiger partial charge is 0.494 e. The first kappa shape index (κ1) is 17.5. The van der Waals surface area contributed by atoms with Crippen LogP contribution in [0.25, 0.3) is 10.9 Å². The van der Waals surface area contributed by atoms with Crippen LogP contribution in [0, 0.1) is 0 Å². The molecular formula is C17H19BrN4O3. The number of aromatic nitrogens is 2. The minimum absolute atomic E-state index is 0.0512. The summed E-state index contributed by atoms with van der Waals surface area (Å²) in [5, 5.41) is 0.679. The minimum atomic E-state index is -0.168. The summed E-state index contributed by atoms with van der Waals surface area (Å²) in [5.74, 6) is 0.409. The highest BCUT2D eigenvalue weighted by Gasteiger charge is 2.26. The number of ketones is 1. The van der Waals surface area contributed by atoms with Crippen molar-refractivity contribution in [3.8, 4) is 5.75 Å². The molecule has 0 saturated carbocycles. The van der Waals surface area contributed by atoms with E-state index in [1.807, 2.05) is 4.90 Å². The summed E-state index contributed by atoms with van der Waals surface area (Å²) in [6, 6.07) is 0. The number of fused-ring (bicyclic) bond motifs is 1. The number of aromatic amines is 1. The molecule has 2 aromatic heterocycles. The van der Waals surface area contributed by atoms with Gasteiger partial charge in [0, 0.05) is 39.3 Å². The third-order valence-electron chi connectivity index (χ3n) is 4.46. The number of nitrogens with zero attached hydrogens (tertiary/aromatic N) is 3. The molecule has 0 unspecified atom stereocenters. The molecule has 0 bridgehead atoms. The molecule has 25 heavy (non-hydrogen) atoms. The van der Waals surface area contributed by atoms with Crippen LogP contribution in [-0.4, -0.2) is 64.7 Å². The summed E-state index contributed by atoms with van der Waals surface area (Å²) in [6.45, 7) is 7.90. The van der Waals surface area contributed by atoms with Crippen LogP contribution in [0.5, 0.6) is 5.75 Å². The number of hydrogen-bond donors (Lipinski definition) is 1. The molecule has 1 aliphatic rings. The minimum Gasteiger partial charge on any atom is -0.494 e. The first-order valence-corrected chi connectivity index (χ1v) is 8.67. The molecule has 1 amide bonds. The SMILES string of the molecule is C=C(C(=O)c1c[nH]c2c(Br)ncc(OC)c12)N1CCN(C(C)=O)CC1. The number of methoxy groups -OCH3 is 1.